The minimum Gasteiger partial charge on any atom is -0.504 e. The smallest absolute Gasteiger partial charge is 0.226 e. The molecule has 0 bridgehead atoms. The van der Waals surface area contributed by atoms with Crippen LogP contribution in [0.3, 0.4) is 0 Å². The van der Waals surface area contributed by atoms with Gasteiger partial charge >= 0.3 is 0 Å². The van der Waals surface area contributed by atoms with Crippen molar-refractivity contribution in [3.63, 3.8) is 0 Å². The van der Waals surface area contributed by atoms with Crippen LogP contribution in [-0.4, -0.2) is 54.6 Å². The fourth-order valence-corrected chi connectivity index (χ4v) is 5.50. The first-order valence-electron chi connectivity index (χ1n) is 11.2. The number of nitrogens with zero attached hydrogens (tertiary/aromatic N) is 1. The lowest BCUT2D eigenvalue weighted by Gasteiger charge is -2.46. The van der Waals surface area contributed by atoms with Gasteiger partial charge in [-0.15, -0.1) is 0 Å². The Morgan fingerprint density at radius 2 is 2.07 bits per heavy atom. The SMILES string of the molecule is COc1ccc(C[C@H]2C3=C(CCN2C(=O)C2CCC2)CC2(CC3)OCCO2)cc1O. The summed E-state index contributed by atoms with van der Waals surface area (Å²) in [4.78, 5) is 15.4. The van der Waals surface area contributed by atoms with Gasteiger partial charge in [-0.3, -0.25) is 4.79 Å². The summed E-state index contributed by atoms with van der Waals surface area (Å²) in [6.45, 7) is 2.10. The first-order valence-corrected chi connectivity index (χ1v) is 11.2. The molecule has 1 atom stereocenters. The zero-order valence-corrected chi connectivity index (χ0v) is 17.7. The molecule has 2 aliphatic heterocycles. The van der Waals surface area contributed by atoms with Crippen molar-refractivity contribution < 1.29 is 24.1 Å². The van der Waals surface area contributed by atoms with E-state index in [4.69, 9.17) is 14.2 Å². The normalized spacial score (nSPS) is 25.9. The van der Waals surface area contributed by atoms with Gasteiger partial charge in [0, 0.05) is 25.3 Å². The molecule has 2 fully saturated rings. The Hall–Kier alpha value is -2.05. The van der Waals surface area contributed by atoms with E-state index in [9.17, 15) is 9.90 Å². The molecule has 162 valence electrons. The summed E-state index contributed by atoms with van der Waals surface area (Å²) in [5.74, 6) is 0.675. The number of ether oxygens (including phenoxy) is 3. The third-order valence-corrected chi connectivity index (χ3v) is 7.37. The first-order chi connectivity index (χ1) is 14.6. The highest BCUT2D eigenvalue weighted by Crippen LogP contribution is 2.45. The second-order valence-electron chi connectivity index (χ2n) is 9.05. The van der Waals surface area contributed by atoms with Crippen LogP contribution < -0.4 is 4.74 Å². The van der Waals surface area contributed by atoms with Crippen LogP contribution in [0.2, 0.25) is 0 Å². The van der Waals surface area contributed by atoms with Crippen molar-refractivity contribution in [2.75, 3.05) is 26.9 Å². The Morgan fingerprint density at radius 1 is 1.27 bits per heavy atom. The number of aromatic hydroxyl groups is 1. The molecule has 2 aliphatic carbocycles. The molecular formula is C24H31NO5. The number of amides is 1. The van der Waals surface area contributed by atoms with Crippen LogP contribution in [0.15, 0.2) is 29.3 Å². The average molecular weight is 414 g/mol. The summed E-state index contributed by atoms with van der Waals surface area (Å²) < 4.78 is 17.2. The average Bonchev–Trinajstić information content (AvgIpc) is 3.14. The molecule has 5 rings (SSSR count). The Labute approximate surface area is 177 Å². The van der Waals surface area contributed by atoms with E-state index in [0.29, 0.717) is 31.3 Å². The Bertz CT molecular complexity index is 853. The topological polar surface area (TPSA) is 68.2 Å². The molecule has 30 heavy (non-hydrogen) atoms. The molecule has 1 aromatic rings. The molecule has 1 spiro atoms. The van der Waals surface area contributed by atoms with Gasteiger partial charge in [-0.25, -0.2) is 0 Å². The maximum absolute atomic E-state index is 13.3. The number of carbonyl (C=O) groups is 1. The van der Waals surface area contributed by atoms with E-state index < -0.39 is 5.79 Å². The van der Waals surface area contributed by atoms with Crippen molar-refractivity contribution in [3.8, 4) is 11.5 Å². The third kappa shape index (κ3) is 3.50. The summed E-state index contributed by atoms with van der Waals surface area (Å²) in [7, 11) is 1.55. The van der Waals surface area contributed by atoms with Gasteiger partial charge in [-0.05, 0) is 55.4 Å². The van der Waals surface area contributed by atoms with Gasteiger partial charge in [0.05, 0.1) is 26.4 Å². The molecule has 1 saturated heterocycles. The van der Waals surface area contributed by atoms with Gasteiger partial charge in [0.2, 0.25) is 5.91 Å². The van der Waals surface area contributed by atoms with Crippen molar-refractivity contribution in [3.05, 3.63) is 34.9 Å². The van der Waals surface area contributed by atoms with E-state index in [-0.39, 0.29) is 17.7 Å². The molecule has 4 aliphatic rings. The van der Waals surface area contributed by atoms with Crippen LogP contribution >= 0.6 is 0 Å². The van der Waals surface area contributed by atoms with Crippen LogP contribution in [0, 0.1) is 5.92 Å². The largest absolute Gasteiger partial charge is 0.504 e. The predicted molar refractivity (Wildman–Crippen MR) is 111 cm³/mol. The zero-order chi connectivity index (χ0) is 20.7. The molecule has 1 amide bonds. The number of rotatable bonds is 4. The second kappa shape index (κ2) is 7.89. The molecule has 6 heteroatoms. The van der Waals surface area contributed by atoms with Crippen molar-refractivity contribution in [2.45, 2.75) is 63.2 Å². The lowest BCUT2D eigenvalue weighted by atomic mass is 9.76. The number of phenolic OH excluding ortho intramolecular Hbond substituents is 1. The predicted octanol–water partition coefficient (Wildman–Crippen LogP) is 3.57. The third-order valence-electron chi connectivity index (χ3n) is 7.37. The lowest BCUT2D eigenvalue weighted by molar-refractivity contribution is -0.165. The second-order valence-corrected chi connectivity index (χ2v) is 9.05. The lowest BCUT2D eigenvalue weighted by Crippen LogP contribution is -2.51. The number of benzene rings is 1. The summed E-state index contributed by atoms with van der Waals surface area (Å²) in [5.41, 5.74) is 3.81. The van der Waals surface area contributed by atoms with Gasteiger partial charge in [-0.2, -0.15) is 0 Å². The number of phenols is 1. The number of methoxy groups -OCH3 is 1. The highest BCUT2D eigenvalue weighted by atomic mass is 16.7. The summed E-state index contributed by atoms with van der Waals surface area (Å²) in [6.07, 6.45) is 7.38. The quantitative estimate of drug-likeness (QED) is 0.765. The Kier molecular flexibility index (Phi) is 5.23. The highest BCUT2D eigenvalue weighted by molar-refractivity contribution is 5.80. The molecular weight excluding hydrogens is 382 g/mol. The van der Waals surface area contributed by atoms with E-state index in [1.54, 1.807) is 19.2 Å². The number of hydrogen-bond acceptors (Lipinski definition) is 5. The minimum atomic E-state index is -0.443. The Balaban J connectivity index is 1.44. The van der Waals surface area contributed by atoms with E-state index in [2.05, 4.69) is 4.90 Å². The van der Waals surface area contributed by atoms with Gasteiger partial charge in [0.1, 0.15) is 0 Å². The summed E-state index contributed by atoms with van der Waals surface area (Å²) in [5, 5.41) is 10.3. The van der Waals surface area contributed by atoms with Gasteiger partial charge in [0.15, 0.2) is 17.3 Å². The molecule has 0 unspecified atom stereocenters. The molecule has 2 heterocycles. The van der Waals surface area contributed by atoms with Crippen LogP contribution in [0.5, 0.6) is 11.5 Å². The fraction of sp³-hybridized carbons (Fsp3) is 0.625. The molecule has 1 aromatic carbocycles. The maximum atomic E-state index is 13.3. The van der Waals surface area contributed by atoms with E-state index in [1.165, 1.54) is 11.1 Å². The van der Waals surface area contributed by atoms with Crippen LogP contribution in [0.4, 0.5) is 0 Å². The van der Waals surface area contributed by atoms with Crippen molar-refractivity contribution in [2.24, 2.45) is 5.92 Å². The zero-order valence-electron chi connectivity index (χ0n) is 17.7. The fourth-order valence-electron chi connectivity index (χ4n) is 5.50. The maximum Gasteiger partial charge on any atom is 0.226 e. The van der Waals surface area contributed by atoms with Crippen LogP contribution in [-0.2, 0) is 20.7 Å². The summed E-state index contributed by atoms with van der Waals surface area (Å²) in [6, 6.07) is 5.62. The first kappa shape index (κ1) is 19.9. The summed E-state index contributed by atoms with van der Waals surface area (Å²) >= 11 is 0. The molecule has 1 N–H and O–H groups in total. The standard InChI is InChI=1S/C24H31NO5/c1-28-22-6-5-16(14-21(22)26)13-20-19-7-9-24(29-11-12-30-24)15-18(19)8-10-25(20)23(27)17-3-2-4-17/h5-6,14,17,20,26H,2-4,7-13,15H2,1H3/t20-/m0/s1. The number of carbonyl (C=O) groups excluding carboxylic acids is 1. The molecule has 1 saturated carbocycles. The van der Waals surface area contributed by atoms with E-state index in [1.807, 2.05) is 6.07 Å². The van der Waals surface area contributed by atoms with E-state index in [0.717, 1.165) is 57.1 Å². The molecule has 0 radical (unpaired) electrons. The van der Waals surface area contributed by atoms with Crippen LogP contribution in [0.1, 0.15) is 50.5 Å². The van der Waals surface area contributed by atoms with Gasteiger partial charge in [-0.1, -0.05) is 18.1 Å². The Morgan fingerprint density at radius 3 is 2.73 bits per heavy atom. The van der Waals surface area contributed by atoms with Crippen molar-refractivity contribution >= 4 is 5.91 Å². The van der Waals surface area contributed by atoms with Crippen LogP contribution in [0.25, 0.3) is 0 Å². The highest BCUT2D eigenvalue weighted by Gasteiger charge is 2.45. The minimum absolute atomic E-state index is 0.0494. The van der Waals surface area contributed by atoms with Gasteiger partial charge < -0.3 is 24.2 Å². The van der Waals surface area contributed by atoms with Crippen molar-refractivity contribution in [1.29, 1.82) is 0 Å². The van der Waals surface area contributed by atoms with Gasteiger partial charge in [0.25, 0.3) is 0 Å². The molecule has 0 aromatic heterocycles. The monoisotopic (exact) mass is 413 g/mol. The number of hydrogen-bond donors (Lipinski definition) is 1. The molecule has 6 nitrogen and oxygen atoms in total. The van der Waals surface area contributed by atoms with E-state index >= 15 is 0 Å². The van der Waals surface area contributed by atoms with Crippen molar-refractivity contribution in [1.82, 2.24) is 4.90 Å².